The van der Waals surface area contributed by atoms with E-state index >= 15 is 0 Å². The van der Waals surface area contributed by atoms with Crippen LogP contribution in [-0.2, 0) is 16.0 Å². The van der Waals surface area contributed by atoms with Gasteiger partial charge in [-0.1, -0.05) is 32.0 Å². The first-order valence-electron chi connectivity index (χ1n) is 6.63. The van der Waals surface area contributed by atoms with Gasteiger partial charge in [-0.05, 0) is 30.4 Å². The smallest absolute Gasteiger partial charge is 0.326 e. The molecule has 0 aliphatic carbocycles. The monoisotopic (exact) mass is 261 g/mol. The number of carbonyl (C=O) groups is 2. The normalized spacial score (nSPS) is 16.4. The van der Waals surface area contributed by atoms with Gasteiger partial charge < -0.3 is 5.11 Å². The SMILES string of the molecule is CC(C)CC(C(=O)O)N1C(=O)CCc2ccccc21. The first-order valence-corrected chi connectivity index (χ1v) is 6.63. The van der Waals surface area contributed by atoms with Gasteiger partial charge >= 0.3 is 5.97 Å². The zero-order valence-electron chi connectivity index (χ0n) is 11.3. The van der Waals surface area contributed by atoms with Crippen LogP contribution in [0, 0.1) is 5.92 Å². The van der Waals surface area contributed by atoms with Crippen molar-refractivity contribution in [2.45, 2.75) is 39.2 Å². The van der Waals surface area contributed by atoms with Gasteiger partial charge in [0, 0.05) is 12.1 Å². The van der Waals surface area contributed by atoms with Crippen LogP contribution in [-0.4, -0.2) is 23.0 Å². The maximum atomic E-state index is 12.1. The molecule has 1 aliphatic rings. The van der Waals surface area contributed by atoms with Crippen LogP contribution in [0.15, 0.2) is 24.3 Å². The summed E-state index contributed by atoms with van der Waals surface area (Å²) in [6, 6.07) is 6.80. The van der Waals surface area contributed by atoms with Gasteiger partial charge in [0.05, 0.1) is 0 Å². The van der Waals surface area contributed by atoms with Crippen LogP contribution in [0.4, 0.5) is 5.69 Å². The summed E-state index contributed by atoms with van der Waals surface area (Å²) in [4.78, 5) is 25.1. The average Bonchev–Trinajstić information content (AvgIpc) is 2.36. The molecule has 1 heterocycles. The maximum absolute atomic E-state index is 12.1. The molecule has 102 valence electrons. The molecule has 2 rings (SSSR count). The number of aryl methyl sites for hydroxylation is 1. The Balaban J connectivity index is 2.40. The summed E-state index contributed by atoms with van der Waals surface area (Å²) in [5, 5.41) is 9.42. The summed E-state index contributed by atoms with van der Waals surface area (Å²) in [7, 11) is 0. The van der Waals surface area contributed by atoms with E-state index in [0.29, 0.717) is 19.3 Å². The molecule has 1 N–H and O–H groups in total. The van der Waals surface area contributed by atoms with Crippen molar-refractivity contribution < 1.29 is 14.7 Å². The van der Waals surface area contributed by atoms with Crippen LogP contribution >= 0.6 is 0 Å². The number of anilines is 1. The van der Waals surface area contributed by atoms with E-state index in [0.717, 1.165) is 11.3 Å². The predicted octanol–water partition coefficient (Wildman–Crippen LogP) is 2.47. The molecule has 1 aliphatic heterocycles. The maximum Gasteiger partial charge on any atom is 0.326 e. The van der Waals surface area contributed by atoms with E-state index in [4.69, 9.17) is 0 Å². The van der Waals surface area contributed by atoms with Crippen LogP contribution < -0.4 is 4.90 Å². The van der Waals surface area contributed by atoms with Gasteiger partial charge in [0.15, 0.2) is 0 Å². The number of aliphatic carboxylic acids is 1. The zero-order chi connectivity index (χ0) is 14.0. The Kier molecular flexibility index (Phi) is 3.88. The number of carbonyl (C=O) groups excluding carboxylic acids is 1. The molecular formula is C15H19NO3. The van der Waals surface area contributed by atoms with Crippen LogP contribution in [0.2, 0.25) is 0 Å². The molecule has 1 amide bonds. The molecule has 0 fully saturated rings. The molecule has 4 nitrogen and oxygen atoms in total. The van der Waals surface area contributed by atoms with E-state index in [1.165, 1.54) is 4.90 Å². The minimum atomic E-state index is -0.932. The second-order valence-electron chi connectivity index (χ2n) is 5.38. The number of nitrogens with zero attached hydrogens (tertiary/aromatic N) is 1. The summed E-state index contributed by atoms with van der Waals surface area (Å²) in [5.41, 5.74) is 1.81. The summed E-state index contributed by atoms with van der Waals surface area (Å²) in [6.07, 6.45) is 1.55. The fourth-order valence-corrected chi connectivity index (χ4v) is 2.56. The Morgan fingerprint density at radius 3 is 2.63 bits per heavy atom. The molecule has 0 bridgehead atoms. The minimum absolute atomic E-state index is 0.0910. The molecule has 0 radical (unpaired) electrons. The van der Waals surface area contributed by atoms with E-state index in [1.54, 1.807) is 0 Å². The molecule has 1 aromatic carbocycles. The minimum Gasteiger partial charge on any atom is -0.480 e. The zero-order valence-corrected chi connectivity index (χ0v) is 11.3. The second kappa shape index (κ2) is 5.43. The van der Waals surface area contributed by atoms with Crippen LogP contribution in [0.25, 0.3) is 0 Å². The van der Waals surface area contributed by atoms with Crippen molar-refractivity contribution in [3.63, 3.8) is 0 Å². The third-order valence-corrected chi connectivity index (χ3v) is 3.42. The van der Waals surface area contributed by atoms with E-state index in [9.17, 15) is 14.7 Å². The first-order chi connectivity index (χ1) is 9.00. The highest BCUT2D eigenvalue weighted by Gasteiger charge is 2.34. The van der Waals surface area contributed by atoms with Gasteiger partial charge in [-0.15, -0.1) is 0 Å². The van der Waals surface area contributed by atoms with Crippen molar-refractivity contribution in [1.82, 2.24) is 0 Å². The lowest BCUT2D eigenvalue weighted by Gasteiger charge is -2.34. The number of fused-ring (bicyclic) bond motifs is 1. The third-order valence-electron chi connectivity index (χ3n) is 3.42. The number of para-hydroxylation sites is 1. The van der Waals surface area contributed by atoms with Crippen molar-refractivity contribution in [1.29, 1.82) is 0 Å². The van der Waals surface area contributed by atoms with Gasteiger partial charge in [0.2, 0.25) is 5.91 Å². The van der Waals surface area contributed by atoms with E-state index in [2.05, 4.69) is 0 Å². The molecule has 4 heteroatoms. The van der Waals surface area contributed by atoms with E-state index < -0.39 is 12.0 Å². The lowest BCUT2D eigenvalue weighted by molar-refractivity contribution is -0.140. The number of carboxylic acids is 1. The Morgan fingerprint density at radius 1 is 1.32 bits per heavy atom. The van der Waals surface area contributed by atoms with Crippen molar-refractivity contribution in [2.24, 2.45) is 5.92 Å². The topological polar surface area (TPSA) is 57.6 Å². The lowest BCUT2D eigenvalue weighted by atomic mass is 9.96. The van der Waals surface area contributed by atoms with Crippen molar-refractivity contribution in [3.8, 4) is 0 Å². The van der Waals surface area contributed by atoms with E-state index in [-0.39, 0.29) is 11.8 Å². The second-order valence-corrected chi connectivity index (χ2v) is 5.38. The number of rotatable bonds is 4. The largest absolute Gasteiger partial charge is 0.480 e. The predicted molar refractivity (Wildman–Crippen MR) is 73.1 cm³/mol. The molecule has 0 aromatic heterocycles. The Bertz CT molecular complexity index is 496. The number of amides is 1. The van der Waals surface area contributed by atoms with Crippen molar-refractivity contribution in [2.75, 3.05) is 4.90 Å². The molecule has 1 aromatic rings. The fourth-order valence-electron chi connectivity index (χ4n) is 2.56. The molecule has 1 unspecified atom stereocenters. The Morgan fingerprint density at radius 2 is 2.00 bits per heavy atom. The fraction of sp³-hybridized carbons (Fsp3) is 0.467. The quantitative estimate of drug-likeness (QED) is 0.905. The van der Waals surface area contributed by atoms with Gasteiger partial charge in [0.1, 0.15) is 6.04 Å². The van der Waals surface area contributed by atoms with Gasteiger partial charge in [-0.25, -0.2) is 4.79 Å². The molecule has 0 spiro atoms. The summed E-state index contributed by atoms with van der Waals surface area (Å²) in [5.74, 6) is -0.798. The van der Waals surface area contributed by atoms with E-state index in [1.807, 2.05) is 38.1 Å². The van der Waals surface area contributed by atoms with Crippen LogP contribution in [0.5, 0.6) is 0 Å². The van der Waals surface area contributed by atoms with Gasteiger partial charge in [-0.2, -0.15) is 0 Å². The molecular weight excluding hydrogens is 242 g/mol. The van der Waals surface area contributed by atoms with Crippen molar-refractivity contribution in [3.05, 3.63) is 29.8 Å². The summed E-state index contributed by atoms with van der Waals surface area (Å²) in [6.45, 7) is 3.94. The molecule has 0 saturated carbocycles. The third kappa shape index (κ3) is 2.78. The highest BCUT2D eigenvalue weighted by Crippen LogP contribution is 2.31. The highest BCUT2D eigenvalue weighted by molar-refractivity contribution is 6.01. The Labute approximate surface area is 113 Å². The number of hydrogen-bond acceptors (Lipinski definition) is 2. The number of hydrogen-bond donors (Lipinski definition) is 1. The summed E-state index contributed by atoms with van der Waals surface area (Å²) < 4.78 is 0. The first kappa shape index (κ1) is 13.6. The van der Waals surface area contributed by atoms with Crippen LogP contribution in [0.1, 0.15) is 32.3 Å². The van der Waals surface area contributed by atoms with Crippen LogP contribution in [0.3, 0.4) is 0 Å². The van der Waals surface area contributed by atoms with Gasteiger partial charge in [-0.3, -0.25) is 9.69 Å². The highest BCUT2D eigenvalue weighted by atomic mass is 16.4. The van der Waals surface area contributed by atoms with Crippen molar-refractivity contribution >= 4 is 17.6 Å². The molecule has 1 atom stereocenters. The average molecular weight is 261 g/mol. The standard InChI is InChI=1S/C15H19NO3/c1-10(2)9-13(15(18)19)16-12-6-4-3-5-11(12)7-8-14(16)17/h3-6,10,13H,7-9H2,1-2H3,(H,18,19). The number of carboxylic acid groups (broad SMARTS) is 1. The van der Waals surface area contributed by atoms with Gasteiger partial charge in [0.25, 0.3) is 0 Å². The molecule has 0 saturated heterocycles. The lowest BCUT2D eigenvalue weighted by Crippen LogP contribution is -2.48. The summed E-state index contributed by atoms with van der Waals surface area (Å²) >= 11 is 0. The number of benzene rings is 1. The molecule has 19 heavy (non-hydrogen) atoms. The Hall–Kier alpha value is -1.84.